The van der Waals surface area contributed by atoms with Gasteiger partial charge in [-0.05, 0) is 41.1 Å². The second kappa shape index (κ2) is 6.02. The Labute approximate surface area is 119 Å². The molecule has 0 fully saturated rings. The molecule has 2 N–H and O–H groups in total. The third-order valence-corrected chi connectivity index (χ3v) is 3.43. The molecule has 2 aromatic rings. The number of halogens is 2. The first-order valence-electron chi connectivity index (χ1n) is 5.47. The lowest BCUT2D eigenvalue weighted by atomic mass is 10.3. The van der Waals surface area contributed by atoms with E-state index >= 15 is 0 Å². The number of hydrogen-bond acceptors (Lipinski definition) is 4. The van der Waals surface area contributed by atoms with E-state index in [2.05, 4.69) is 36.5 Å². The van der Waals surface area contributed by atoms with Gasteiger partial charge < -0.3 is 10.6 Å². The highest BCUT2D eigenvalue weighted by Gasteiger charge is 2.01. The van der Waals surface area contributed by atoms with Gasteiger partial charge in [0.25, 0.3) is 0 Å². The topological polar surface area (TPSA) is 49.8 Å². The molecule has 0 aliphatic rings. The number of aromatic nitrogens is 2. The zero-order valence-corrected chi connectivity index (χ0v) is 12.1. The van der Waals surface area contributed by atoms with E-state index in [9.17, 15) is 0 Å². The molecule has 94 valence electrons. The van der Waals surface area contributed by atoms with Gasteiger partial charge in [-0.2, -0.15) is 0 Å². The Morgan fingerprint density at radius 2 is 2.00 bits per heavy atom. The van der Waals surface area contributed by atoms with Crippen molar-refractivity contribution in [2.45, 2.75) is 6.92 Å². The van der Waals surface area contributed by atoms with E-state index in [-0.39, 0.29) is 0 Å². The highest BCUT2D eigenvalue weighted by atomic mass is 79.9. The predicted octanol–water partition coefficient (Wildman–Crippen LogP) is 4.07. The van der Waals surface area contributed by atoms with Crippen LogP contribution in [0, 0.1) is 0 Å². The highest BCUT2D eigenvalue weighted by molar-refractivity contribution is 9.10. The molecule has 0 saturated carbocycles. The monoisotopic (exact) mass is 326 g/mol. The molecule has 1 aromatic carbocycles. The van der Waals surface area contributed by atoms with E-state index < -0.39 is 0 Å². The smallest absolute Gasteiger partial charge is 0.135 e. The second-order valence-corrected chi connectivity index (χ2v) is 4.83. The summed E-state index contributed by atoms with van der Waals surface area (Å²) in [4.78, 5) is 8.27. The number of rotatable bonds is 4. The molecule has 0 aliphatic heterocycles. The van der Waals surface area contributed by atoms with Crippen molar-refractivity contribution in [3.05, 3.63) is 40.1 Å². The Balaban J connectivity index is 2.17. The minimum atomic E-state index is 0.677. The molecule has 4 nitrogen and oxygen atoms in total. The molecule has 1 heterocycles. The standard InChI is InChI=1S/C12H12BrClN4/c1-2-15-11-6-12(17-7-16-11)18-8-3-4-10(14)9(13)5-8/h3-7H,2H2,1H3,(H2,15,16,17,18). The summed E-state index contributed by atoms with van der Waals surface area (Å²) in [6.45, 7) is 2.84. The Bertz CT molecular complexity index is 547. The van der Waals surface area contributed by atoms with Gasteiger partial charge in [0.1, 0.15) is 18.0 Å². The Hall–Kier alpha value is -1.33. The van der Waals surface area contributed by atoms with Crippen LogP contribution in [0.2, 0.25) is 5.02 Å². The van der Waals surface area contributed by atoms with Crippen LogP contribution in [0.5, 0.6) is 0 Å². The molecule has 0 unspecified atom stereocenters. The number of benzene rings is 1. The lowest BCUT2D eigenvalue weighted by Gasteiger charge is -2.08. The van der Waals surface area contributed by atoms with Gasteiger partial charge in [0.15, 0.2) is 0 Å². The van der Waals surface area contributed by atoms with Crippen LogP contribution >= 0.6 is 27.5 Å². The summed E-state index contributed by atoms with van der Waals surface area (Å²) < 4.78 is 0.843. The average molecular weight is 328 g/mol. The van der Waals surface area contributed by atoms with E-state index in [0.29, 0.717) is 5.02 Å². The molecule has 6 heteroatoms. The van der Waals surface area contributed by atoms with Crippen molar-refractivity contribution in [3.63, 3.8) is 0 Å². The van der Waals surface area contributed by atoms with Crippen LogP contribution in [0.15, 0.2) is 35.1 Å². The van der Waals surface area contributed by atoms with Crippen LogP contribution in [0.25, 0.3) is 0 Å². The van der Waals surface area contributed by atoms with E-state index in [0.717, 1.165) is 28.3 Å². The Kier molecular flexibility index (Phi) is 4.38. The van der Waals surface area contributed by atoms with Crippen molar-refractivity contribution >= 4 is 44.9 Å². The third kappa shape index (κ3) is 3.34. The highest BCUT2D eigenvalue weighted by Crippen LogP contribution is 2.27. The predicted molar refractivity (Wildman–Crippen MR) is 78.6 cm³/mol. The van der Waals surface area contributed by atoms with Crippen molar-refractivity contribution in [1.82, 2.24) is 9.97 Å². The van der Waals surface area contributed by atoms with Crippen molar-refractivity contribution in [2.75, 3.05) is 17.2 Å². The fourth-order valence-electron chi connectivity index (χ4n) is 1.43. The molecule has 0 spiro atoms. The molecule has 2 rings (SSSR count). The van der Waals surface area contributed by atoms with Crippen LogP contribution in [-0.2, 0) is 0 Å². The maximum Gasteiger partial charge on any atom is 0.135 e. The number of anilines is 3. The fourth-order valence-corrected chi connectivity index (χ4v) is 1.92. The molecule has 0 atom stereocenters. The van der Waals surface area contributed by atoms with Gasteiger partial charge in [-0.1, -0.05) is 11.6 Å². The first-order valence-corrected chi connectivity index (χ1v) is 6.64. The van der Waals surface area contributed by atoms with Gasteiger partial charge in [0.05, 0.1) is 5.02 Å². The van der Waals surface area contributed by atoms with Gasteiger partial charge in [-0.25, -0.2) is 9.97 Å². The summed E-state index contributed by atoms with van der Waals surface area (Å²) in [5.74, 6) is 1.53. The van der Waals surface area contributed by atoms with Gasteiger partial charge in [0.2, 0.25) is 0 Å². The fraction of sp³-hybridized carbons (Fsp3) is 0.167. The molecule has 0 aliphatic carbocycles. The molecular weight excluding hydrogens is 316 g/mol. The van der Waals surface area contributed by atoms with E-state index in [1.807, 2.05) is 31.2 Å². The molecule has 0 radical (unpaired) electrons. The van der Waals surface area contributed by atoms with Gasteiger partial charge in [-0.15, -0.1) is 0 Å². The molecule has 1 aromatic heterocycles. The first kappa shape index (κ1) is 13.1. The summed E-state index contributed by atoms with van der Waals surface area (Å²) in [5.41, 5.74) is 0.910. The molecule has 0 saturated heterocycles. The van der Waals surface area contributed by atoms with Crippen molar-refractivity contribution < 1.29 is 0 Å². The Morgan fingerprint density at radius 1 is 1.22 bits per heavy atom. The zero-order chi connectivity index (χ0) is 13.0. The quantitative estimate of drug-likeness (QED) is 0.889. The normalized spacial score (nSPS) is 10.2. The second-order valence-electron chi connectivity index (χ2n) is 3.57. The van der Waals surface area contributed by atoms with Gasteiger partial charge in [0, 0.05) is 22.8 Å². The third-order valence-electron chi connectivity index (χ3n) is 2.22. The minimum Gasteiger partial charge on any atom is -0.370 e. The largest absolute Gasteiger partial charge is 0.370 e. The number of nitrogens with one attached hydrogen (secondary N) is 2. The van der Waals surface area contributed by atoms with Gasteiger partial charge in [-0.3, -0.25) is 0 Å². The van der Waals surface area contributed by atoms with Crippen molar-refractivity contribution in [3.8, 4) is 0 Å². The lowest BCUT2D eigenvalue weighted by Crippen LogP contribution is -2.01. The summed E-state index contributed by atoms with van der Waals surface area (Å²) in [5, 5.41) is 7.00. The maximum absolute atomic E-state index is 5.94. The molecule has 18 heavy (non-hydrogen) atoms. The van der Waals surface area contributed by atoms with Crippen LogP contribution < -0.4 is 10.6 Å². The van der Waals surface area contributed by atoms with Crippen LogP contribution in [0.3, 0.4) is 0 Å². The summed E-state index contributed by atoms with van der Waals surface area (Å²) in [6.07, 6.45) is 1.52. The zero-order valence-electron chi connectivity index (χ0n) is 9.74. The van der Waals surface area contributed by atoms with Crippen LogP contribution in [-0.4, -0.2) is 16.5 Å². The van der Waals surface area contributed by atoms with Crippen molar-refractivity contribution in [2.24, 2.45) is 0 Å². The number of hydrogen-bond donors (Lipinski definition) is 2. The Morgan fingerprint density at radius 3 is 2.72 bits per heavy atom. The van der Waals surface area contributed by atoms with E-state index in [1.54, 1.807) is 0 Å². The summed E-state index contributed by atoms with van der Waals surface area (Å²) in [7, 11) is 0. The average Bonchev–Trinajstić information content (AvgIpc) is 2.35. The summed E-state index contributed by atoms with van der Waals surface area (Å²) in [6, 6.07) is 7.46. The SMILES string of the molecule is CCNc1cc(Nc2ccc(Cl)c(Br)c2)ncn1. The number of nitrogens with zero attached hydrogens (tertiary/aromatic N) is 2. The van der Waals surface area contributed by atoms with Crippen LogP contribution in [0.4, 0.5) is 17.3 Å². The van der Waals surface area contributed by atoms with Crippen molar-refractivity contribution in [1.29, 1.82) is 0 Å². The maximum atomic E-state index is 5.94. The lowest BCUT2D eigenvalue weighted by molar-refractivity contribution is 1.11. The van der Waals surface area contributed by atoms with E-state index in [4.69, 9.17) is 11.6 Å². The minimum absolute atomic E-state index is 0.677. The molecular formula is C12H12BrClN4. The first-order chi connectivity index (χ1) is 8.69. The summed E-state index contributed by atoms with van der Waals surface area (Å²) >= 11 is 9.32. The molecule has 0 bridgehead atoms. The van der Waals surface area contributed by atoms with Crippen LogP contribution in [0.1, 0.15) is 6.92 Å². The van der Waals surface area contributed by atoms with E-state index in [1.165, 1.54) is 6.33 Å². The van der Waals surface area contributed by atoms with Gasteiger partial charge >= 0.3 is 0 Å². The molecule has 0 amide bonds.